The summed E-state index contributed by atoms with van der Waals surface area (Å²) in [5.41, 5.74) is 0.242. The van der Waals surface area contributed by atoms with Gasteiger partial charge < -0.3 is 9.67 Å². The van der Waals surface area contributed by atoms with Gasteiger partial charge in [0.2, 0.25) is 0 Å². The SMILES string of the molecule is Cn1ccnc1C(O)c1ccccc1F. The highest BCUT2D eigenvalue weighted by atomic mass is 19.1. The van der Waals surface area contributed by atoms with E-state index in [9.17, 15) is 9.50 Å². The molecule has 4 heteroatoms. The zero-order valence-electron chi connectivity index (χ0n) is 8.26. The van der Waals surface area contributed by atoms with E-state index >= 15 is 0 Å². The molecule has 1 aromatic carbocycles. The van der Waals surface area contributed by atoms with Crippen molar-refractivity contribution in [3.63, 3.8) is 0 Å². The molecule has 1 heterocycles. The Labute approximate surface area is 86.8 Å². The zero-order chi connectivity index (χ0) is 10.8. The number of benzene rings is 1. The summed E-state index contributed by atoms with van der Waals surface area (Å²) in [5, 5.41) is 9.92. The summed E-state index contributed by atoms with van der Waals surface area (Å²) in [4.78, 5) is 3.98. The van der Waals surface area contributed by atoms with Gasteiger partial charge in [0.05, 0.1) is 0 Å². The predicted octanol–water partition coefficient (Wildman–Crippen LogP) is 1.64. The number of halogens is 1. The molecule has 0 aliphatic rings. The third-order valence-electron chi connectivity index (χ3n) is 2.30. The molecule has 0 radical (unpaired) electrons. The van der Waals surface area contributed by atoms with Crippen molar-refractivity contribution in [2.75, 3.05) is 0 Å². The minimum absolute atomic E-state index is 0.242. The molecule has 0 bridgehead atoms. The van der Waals surface area contributed by atoms with Crippen LogP contribution in [0.15, 0.2) is 36.7 Å². The number of aliphatic hydroxyl groups is 1. The highest BCUT2D eigenvalue weighted by Gasteiger charge is 2.17. The van der Waals surface area contributed by atoms with E-state index in [-0.39, 0.29) is 5.56 Å². The topological polar surface area (TPSA) is 38.0 Å². The average Bonchev–Trinajstić information content (AvgIpc) is 2.64. The molecule has 0 aliphatic carbocycles. The highest BCUT2D eigenvalue weighted by Crippen LogP contribution is 2.22. The van der Waals surface area contributed by atoms with Gasteiger partial charge in [0, 0.05) is 25.0 Å². The Morgan fingerprint density at radius 3 is 2.73 bits per heavy atom. The van der Waals surface area contributed by atoms with Gasteiger partial charge in [-0.25, -0.2) is 9.37 Å². The molecule has 2 aromatic rings. The first-order valence-electron chi connectivity index (χ1n) is 4.60. The van der Waals surface area contributed by atoms with Gasteiger partial charge in [-0.15, -0.1) is 0 Å². The standard InChI is InChI=1S/C11H11FN2O/c1-14-7-6-13-11(14)10(15)8-4-2-3-5-9(8)12/h2-7,10,15H,1H3. The van der Waals surface area contributed by atoms with Gasteiger partial charge in [-0.1, -0.05) is 18.2 Å². The Morgan fingerprint density at radius 2 is 2.13 bits per heavy atom. The molecule has 0 spiro atoms. The minimum atomic E-state index is -1.02. The van der Waals surface area contributed by atoms with E-state index in [1.807, 2.05) is 0 Å². The molecule has 15 heavy (non-hydrogen) atoms. The molecule has 3 nitrogen and oxygen atoms in total. The molecule has 1 N–H and O–H groups in total. The molecular formula is C11H11FN2O. The molecular weight excluding hydrogens is 195 g/mol. The number of rotatable bonds is 2. The molecule has 0 amide bonds. The van der Waals surface area contributed by atoms with Gasteiger partial charge in [0.15, 0.2) is 0 Å². The molecule has 1 unspecified atom stereocenters. The van der Waals surface area contributed by atoms with Crippen LogP contribution in [0.4, 0.5) is 4.39 Å². The van der Waals surface area contributed by atoms with Gasteiger partial charge in [-0.05, 0) is 6.07 Å². The third kappa shape index (κ3) is 1.76. The summed E-state index contributed by atoms with van der Waals surface area (Å²) in [6, 6.07) is 6.14. The van der Waals surface area contributed by atoms with Crippen molar-refractivity contribution in [2.45, 2.75) is 6.10 Å². The van der Waals surface area contributed by atoms with Crippen molar-refractivity contribution < 1.29 is 9.50 Å². The quantitative estimate of drug-likeness (QED) is 0.811. The Morgan fingerprint density at radius 1 is 1.40 bits per heavy atom. The van der Waals surface area contributed by atoms with Gasteiger partial charge >= 0.3 is 0 Å². The molecule has 0 fully saturated rings. The van der Waals surface area contributed by atoms with Crippen LogP contribution in [0.5, 0.6) is 0 Å². The monoisotopic (exact) mass is 206 g/mol. The van der Waals surface area contributed by atoms with Crippen LogP contribution >= 0.6 is 0 Å². The van der Waals surface area contributed by atoms with Crippen molar-refractivity contribution in [1.29, 1.82) is 0 Å². The lowest BCUT2D eigenvalue weighted by atomic mass is 10.1. The van der Waals surface area contributed by atoms with Crippen LogP contribution in [0.25, 0.3) is 0 Å². The summed E-state index contributed by atoms with van der Waals surface area (Å²) in [5.74, 6) is 0.00750. The molecule has 78 valence electrons. The number of nitrogens with zero attached hydrogens (tertiary/aromatic N) is 2. The number of hydrogen-bond acceptors (Lipinski definition) is 2. The first kappa shape index (κ1) is 9.86. The lowest BCUT2D eigenvalue weighted by Gasteiger charge is -2.11. The van der Waals surface area contributed by atoms with Crippen molar-refractivity contribution in [3.8, 4) is 0 Å². The number of aliphatic hydroxyl groups excluding tert-OH is 1. The van der Waals surface area contributed by atoms with Crippen molar-refractivity contribution >= 4 is 0 Å². The van der Waals surface area contributed by atoms with Crippen LogP contribution in [-0.4, -0.2) is 14.7 Å². The highest BCUT2D eigenvalue weighted by molar-refractivity contribution is 5.24. The fourth-order valence-electron chi connectivity index (χ4n) is 1.48. The fourth-order valence-corrected chi connectivity index (χ4v) is 1.48. The van der Waals surface area contributed by atoms with E-state index < -0.39 is 11.9 Å². The number of aromatic nitrogens is 2. The second-order valence-corrected chi connectivity index (χ2v) is 3.32. The van der Waals surface area contributed by atoms with E-state index in [1.54, 1.807) is 42.2 Å². The van der Waals surface area contributed by atoms with Crippen LogP contribution in [-0.2, 0) is 7.05 Å². The van der Waals surface area contributed by atoms with E-state index in [2.05, 4.69) is 4.98 Å². The smallest absolute Gasteiger partial charge is 0.142 e. The average molecular weight is 206 g/mol. The molecule has 1 atom stereocenters. The lowest BCUT2D eigenvalue weighted by molar-refractivity contribution is 0.201. The Hall–Kier alpha value is -1.68. The normalized spacial score (nSPS) is 12.7. The van der Waals surface area contributed by atoms with E-state index in [0.29, 0.717) is 5.82 Å². The summed E-state index contributed by atoms with van der Waals surface area (Å²) < 4.78 is 15.0. The second kappa shape index (κ2) is 3.82. The predicted molar refractivity (Wildman–Crippen MR) is 53.7 cm³/mol. The van der Waals surface area contributed by atoms with E-state index in [1.165, 1.54) is 6.07 Å². The largest absolute Gasteiger partial charge is 0.380 e. The van der Waals surface area contributed by atoms with Gasteiger partial charge in [-0.3, -0.25) is 0 Å². The molecule has 2 rings (SSSR count). The maximum atomic E-state index is 13.4. The molecule has 0 saturated carbocycles. The zero-order valence-corrected chi connectivity index (χ0v) is 8.26. The number of imidazole rings is 1. The lowest BCUT2D eigenvalue weighted by Crippen LogP contribution is -2.08. The Kier molecular flexibility index (Phi) is 2.51. The van der Waals surface area contributed by atoms with Crippen molar-refractivity contribution in [2.24, 2.45) is 7.05 Å². The minimum Gasteiger partial charge on any atom is -0.380 e. The second-order valence-electron chi connectivity index (χ2n) is 3.32. The summed E-state index contributed by atoms with van der Waals surface area (Å²) in [6.45, 7) is 0. The molecule has 1 aromatic heterocycles. The van der Waals surface area contributed by atoms with Crippen molar-refractivity contribution in [3.05, 3.63) is 53.9 Å². The van der Waals surface area contributed by atoms with Crippen molar-refractivity contribution in [1.82, 2.24) is 9.55 Å². The van der Waals surface area contributed by atoms with Gasteiger partial charge in [0.1, 0.15) is 17.7 Å². The first-order chi connectivity index (χ1) is 7.20. The maximum absolute atomic E-state index is 13.4. The maximum Gasteiger partial charge on any atom is 0.142 e. The van der Waals surface area contributed by atoms with Crippen LogP contribution < -0.4 is 0 Å². The molecule has 0 saturated heterocycles. The van der Waals surface area contributed by atoms with Gasteiger partial charge in [-0.2, -0.15) is 0 Å². The summed E-state index contributed by atoms with van der Waals surface area (Å²) in [7, 11) is 1.76. The van der Waals surface area contributed by atoms with E-state index in [0.717, 1.165) is 0 Å². The fraction of sp³-hybridized carbons (Fsp3) is 0.182. The number of aryl methyl sites for hydroxylation is 1. The Bertz CT molecular complexity index is 467. The van der Waals surface area contributed by atoms with Crippen LogP contribution in [0.2, 0.25) is 0 Å². The van der Waals surface area contributed by atoms with Crippen LogP contribution in [0, 0.1) is 5.82 Å². The van der Waals surface area contributed by atoms with Crippen LogP contribution in [0.1, 0.15) is 17.5 Å². The molecule has 0 aliphatic heterocycles. The first-order valence-corrected chi connectivity index (χ1v) is 4.60. The summed E-state index contributed by atoms with van der Waals surface area (Å²) >= 11 is 0. The van der Waals surface area contributed by atoms with Crippen LogP contribution in [0.3, 0.4) is 0 Å². The van der Waals surface area contributed by atoms with E-state index in [4.69, 9.17) is 0 Å². The summed E-state index contributed by atoms with van der Waals surface area (Å²) in [6.07, 6.45) is 2.25. The Balaban J connectivity index is 2.41. The number of hydrogen-bond donors (Lipinski definition) is 1. The van der Waals surface area contributed by atoms with Gasteiger partial charge in [0.25, 0.3) is 0 Å². The third-order valence-corrected chi connectivity index (χ3v) is 2.30.